The normalized spacial score (nSPS) is 22.2. The molecule has 4 nitrogen and oxygen atoms in total. The van der Waals surface area contributed by atoms with Crippen LogP contribution in [0.4, 0.5) is 4.39 Å². The number of hydrogen-bond donors (Lipinski definition) is 2. The highest BCUT2D eigenvalue weighted by Crippen LogP contribution is 2.26. The third kappa shape index (κ3) is 3.10. The van der Waals surface area contributed by atoms with Crippen molar-refractivity contribution >= 4 is 11.9 Å². The number of aliphatic carboxylic acids is 1. The van der Waals surface area contributed by atoms with Crippen molar-refractivity contribution in [1.29, 1.82) is 0 Å². The molecule has 0 heterocycles. The topological polar surface area (TPSA) is 66.4 Å². The number of rotatable bonds is 3. The van der Waals surface area contributed by atoms with E-state index in [1.54, 1.807) is 13.0 Å². The Balaban J connectivity index is 2.10. The summed E-state index contributed by atoms with van der Waals surface area (Å²) >= 11 is 0. The zero-order valence-corrected chi connectivity index (χ0v) is 10.6. The van der Waals surface area contributed by atoms with E-state index >= 15 is 0 Å². The number of carbonyl (C=O) groups excluding carboxylic acids is 1. The van der Waals surface area contributed by atoms with Gasteiger partial charge in [-0.1, -0.05) is 6.42 Å². The summed E-state index contributed by atoms with van der Waals surface area (Å²) in [6.45, 7) is 1.70. The Hall–Kier alpha value is -1.91. The third-order valence-corrected chi connectivity index (χ3v) is 3.45. The highest BCUT2D eigenvalue weighted by atomic mass is 19.1. The summed E-state index contributed by atoms with van der Waals surface area (Å²) in [5, 5.41) is 11.7. The Labute approximate surface area is 110 Å². The molecule has 1 aliphatic carbocycles. The molecule has 0 spiro atoms. The van der Waals surface area contributed by atoms with Crippen LogP contribution in [0.15, 0.2) is 18.2 Å². The first kappa shape index (κ1) is 13.5. The molecule has 0 saturated heterocycles. The predicted molar refractivity (Wildman–Crippen MR) is 67.4 cm³/mol. The van der Waals surface area contributed by atoms with Gasteiger partial charge < -0.3 is 10.4 Å². The summed E-state index contributed by atoms with van der Waals surface area (Å²) in [6, 6.07) is 3.72. The molecule has 1 aliphatic rings. The number of carboxylic acid groups (broad SMARTS) is 1. The van der Waals surface area contributed by atoms with Gasteiger partial charge in [0.15, 0.2) is 0 Å². The lowest BCUT2D eigenvalue weighted by Gasteiger charge is -2.17. The average Bonchev–Trinajstić information content (AvgIpc) is 2.75. The molecule has 1 aromatic carbocycles. The fourth-order valence-corrected chi connectivity index (χ4v) is 2.55. The van der Waals surface area contributed by atoms with Crippen molar-refractivity contribution in [3.05, 3.63) is 35.1 Å². The Kier molecular flexibility index (Phi) is 3.83. The predicted octanol–water partition coefficient (Wildman–Crippen LogP) is 2.12. The molecule has 1 saturated carbocycles. The van der Waals surface area contributed by atoms with Crippen LogP contribution in [0.1, 0.15) is 35.2 Å². The van der Waals surface area contributed by atoms with E-state index in [-0.39, 0.29) is 11.6 Å². The number of hydrogen-bond acceptors (Lipinski definition) is 2. The summed E-state index contributed by atoms with van der Waals surface area (Å²) in [6.07, 6.45) is 2.00. The van der Waals surface area contributed by atoms with Gasteiger partial charge in [-0.25, -0.2) is 4.39 Å². The largest absolute Gasteiger partial charge is 0.481 e. The van der Waals surface area contributed by atoms with E-state index in [1.807, 2.05) is 0 Å². The first-order valence-corrected chi connectivity index (χ1v) is 6.28. The fourth-order valence-electron chi connectivity index (χ4n) is 2.55. The molecule has 0 bridgehead atoms. The minimum Gasteiger partial charge on any atom is -0.481 e. The van der Waals surface area contributed by atoms with Crippen molar-refractivity contribution in [1.82, 2.24) is 5.32 Å². The van der Waals surface area contributed by atoms with Crippen LogP contribution in [0, 0.1) is 18.7 Å². The van der Waals surface area contributed by atoms with Gasteiger partial charge in [0.05, 0.1) is 5.92 Å². The van der Waals surface area contributed by atoms with E-state index in [2.05, 4.69) is 5.32 Å². The molecule has 2 rings (SSSR count). The second-order valence-corrected chi connectivity index (χ2v) is 4.97. The van der Waals surface area contributed by atoms with Crippen molar-refractivity contribution in [2.75, 3.05) is 0 Å². The number of aryl methyl sites for hydroxylation is 1. The van der Waals surface area contributed by atoms with Gasteiger partial charge in [0.25, 0.3) is 5.91 Å². The van der Waals surface area contributed by atoms with Crippen LogP contribution in [-0.2, 0) is 4.79 Å². The van der Waals surface area contributed by atoms with E-state index in [0.29, 0.717) is 18.4 Å². The molecule has 2 N–H and O–H groups in total. The fraction of sp³-hybridized carbons (Fsp3) is 0.429. The summed E-state index contributed by atoms with van der Waals surface area (Å²) in [4.78, 5) is 23.0. The van der Waals surface area contributed by atoms with Gasteiger partial charge in [-0.05, 0) is 43.5 Å². The summed E-state index contributed by atoms with van der Waals surface area (Å²) in [5.74, 6) is -2.32. The molecule has 19 heavy (non-hydrogen) atoms. The summed E-state index contributed by atoms with van der Waals surface area (Å²) < 4.78 is 13.2. The second-order valence-electron chi connectivity index (χ2n) is 4.97. The number of carboxylic acids is 1. The molecule has 0 aliphatic heterocycles. The number of benzene rings is 1. The van der Waals surface area contributed by atoms with Crippen molar-refractivity contribution in [3.63, 3.8) is 0 Å². The number of halogens is 1. The molecule has 2 atom stereocenters. The molecule has 102 valence electrons. The van der Waals surface area contributed by atoms with Crippen LogP contribution in [0.25, 0.3) is 0 Å². The monoisotopic (exact) mass is 265 g/mol. The summed E-state index contributed by atoms with van der Waals surface area (Å²) in [5.41, 5.74) is 0.889. The lowest BCUT2D eigenvalue weighted by atomic mass is 10.0. The van der Waals surface area contributed by atoms with E-state index in [0.717, 1.165) is 12.5 Å². The minimum atomic E-state index is -0.891. The first-order valence-electron chi connectivity index (χ1n) is 6.28. The van der Waals surface area contributed by atoms with E-state index in [9.17, 15) is 14.0 Å². The number of carbonyl (C=O) groups is 2. The maximum absolute atomic E-state index is 13.2. The molecule has 1 fully saturated rings. The molecular weight excluding hydrogens is 249 g/mol. The highest BCUT2D eigenvalue weighted by molar-refractivity contribution is 5.95. The minimum absolute atomic E-state index is 0.230. The van der Waals surface area contributed by atoms with Gasteiger partial charge >= 0.3 is 5.97 Å². The second kappa shape index (κ2) is 5.38. The van der Waals surface area contributed by atoms with Gasteiger partial charge in [0.2, 0.25) is 0 Å². The van der Waals surface area contributed by atoms with Gasteiger partial charge in [0.1, 0.15) is 5.82 Å². The molecule has 0 radical (unpaired) electrons. The Bertz CT molecular complexity index is 495. The van der Waals surface area contributed by atoms with Crippen molar-refractivity contribution in [3.8, 4) is 0 Å². The molecule has 0 aromatic heterocycles. The van der Waals surface area contributed by atoms with Gasteiger partial charge in [0, 0.05) is 11.6 Å². The van der Waals surface area contributed by atoms with Crippen molar-refractivity contribution in [2.45, 2.75) is 32.2 Å². The van der Waals surface area contributed by atoms with E-state index in [4.69, 9.17) is 5.11 Å². The molecular formula is C14H16FNO3. The zero-order chi connectivity index (χ0) is 14.0. The van der Waals surface area contributed by atoms with Crippen LogP contribution in [0.2, 0.25) is 0 Å². The van der Waals surface area contributed by atoms with Crippen LogP contribution in [-0.4, -0.2) is 23.0 Å². The lowest BCUT2D eigenvalue weighted by molar-refractivity contribution is -0.142. The quantitative estimate of drug-likeness (QED) is 0.879. The standard InChI is InChI=1S/C14H16FNO3/c1-8-5-9(7-10(15)6-8)13(17)16-12-4-2-3-11(12)14(18)19/h5-7,11-12H,2-4H2,1H3,(H,16,17)(H,18,19)/t11-,12+/m0/s1. The van der Waals surface area contributed by atoms with Crippen LogP contribution >= 0.6 is 0 Å². The van der Waals surface area contributed by atoms with Crippen molar-refractivity contribution < 1.29 is 19.1 Å². The molecule has 1 amide bonds. The van der Waals surface area contributed by atoms with Crippen molar-refractivity contribution in [2.24, 2.45) is 5.92 Å². The lowest BCUT2D eigenvalue weighted by Crippen LogP contribution is -2.40. The van der Waals surface area contributed by atoms with Gasteiger partial charge in [-0.2, -0.15) is 0 Å². The first-order chi connectivity index (χ1) is 8.97. The van der Waals surface area contributed by atoms with Gasteiger partial charge in [-0.15, -0.1) is 0 Å². The van der Waals surface area contributed by atoms with E-state index in [1.165, 1.54) is 6.07 Å². The average molecular weight is 265 g/mol. The Morgan fingerprint density at radius 3 is 2.68 bits per heavy atom. The number of nitrogens with one attached hydrogen (secondary N) is 1. The van der Waals surface area contributed by atoms with Crippen LogP contribution < -0.4 is 5.32 Å². The Morgan fingerprint density at radius 2 is 2.05 bits per heavy atom. The van der Waals surface area contributed by atoms with E-state index < -0.39 is 23.6 Å². The third-order valence-electron chi connectivity index (χ3n) is 3.45. The number of amides is 1. The summed E-state index contributed by atoms with van der Waals surface area (Å²) in [7, 11) is 0. The SMILES string of the molecule is Cc1cc(F)cc(C(=O)N[C@@H]2CCC[C@@H]2C(=O)O)c1. The maximum atomic E-state index is 13.2. The molecule has 5 heteroatoms. The highest BCUT2D eigenvalue weighted by Gasteiger charge is 2.34. The van der Waals surface area contributed by atoms with Crippen LogP contribution in [0.3, 0.4) is 0 Å². The smallest absolute Gasteiger partial charge is 0.308 e. The Morgan fingerprint density at radius 1 is 1.32 bits per heavy atom. The molecule has 1 aromatic rings. The molecule has 0 unspecified atom stereocenters. The zero-order valence-electron chi connectivity index (χ0n) is 10.6. The van der Waals surface area contributed by atoms with Gasteiger partial charge in [-0.3, -0.25) is 9.59 Å². The van der Waals surface area contributed by atoms with Crippen LogP contribution in [0.5, 0.6) is 0 Å². The maximum Gasteiger partial charge on any atom is 0.308 e.